The van der Waals surface area contributed by atoms with Crippen LogP contribution in [0.4, 0.5) is 0 Å². The minimum absolute atomic E-state index is 0.0781. The fourth-order valence-corrected chi connectivity index (χ4v) is 2.27. The molecule has 0 aliphatic carbocycles. The Morgan fingerprint density at radius 3 is 2.19 bits per heavy atom. The molecule has 0 spiro atoms. The van der Waals surface area contributed by atoms with Gasteiger partial charge in [-0.15, -0.1) is 0 Å². The maximum absolute atomic E-state index is 12.2. The van der Waals surface area contributed by atoms with Gasteiger partial charge in [0, 0.05) is 19.2 Å². The molecule has 0 atom stereocenters. The van der Waals surface area contributed by atoms with Crippen LogP contribution in [-0.4, -0.2) is 24.4 Å². The fourth-order valence-electron chi connectivity index (χ4n) is 2.27. The summed E-state index contributed by atoms with van der Waals surface area (Å²) in [5.74, 6) is 0.635. The third-order valence-electron chi connectivity index (χ3n) is 3.75. The Labute approximate surface area is 127 Å². The molecule has 0 unspecified atom stereocenters. The van der Waals surface area contributed by atoms with Crippen LogP contribution in [0.3, 0.4) is 0 Å². The number of amides is 1. The van der Waals surface area contributed by atoms with E-state index in [0.717, 1.165) is 18.5 Å². The molecule has 0 bridgehead atoms. The minimum atomic E-state index is 0.0781. The Morgan fingerprint density at radius 2 is 1.62 bits per heavy atom. The van der Waals surface area contributed by atoms with Gasteiger partial charge >= 0.3 is 0 Å². The van der Waals surface area contributed by atoms with Crippen LogP contribution in [0.15, 0.2) is 54.6 Å². The van der Waals surface area contributed by atoms with E-state index >= 15 is 0 Å². The quantitative estimate of drug-likeness (QED) is 0.807. The van der Waals surface area contributed by atoms with Crippen LogP contribution in [0.25, 0.3) is 0 Å². The van der Waals surface area contributed by atoms with E-state index in [1.807, 2.05) is 37.4 Å². The van der Waals surface area contributed by atoms with E-state index in [2.05, 4.69) is 38.1 Å². The molecule has 2 aromatic rings. The van der Waals surface area contributed by atoms with Crippen molar-refractivity contribution in [2.24, 2.45) is 0 Å². The average Bonchev–Trinajstić information content (AvgIpc) is 2.53. The van der Waals surface area contributed by atoms with Crippen LogP contribution in [0.5, 0.6) is 0 Å². The molecule has 21 heavy (non-hydrogen) atoms. The van der Waals surface area contributed by atoms with Gasteiger partial charge in [0.15, 0.2) is 0 Å². The second kappa shape index (κ2) is 7.07. The van der Waals surface area contributed by atoms with Crippen LogP contribution in [-0.2, 0) is 6.42 Å². The molecule has 2 heteroatoms. The second-order valence-corrected chi connectivity index (χ2v) is 5.74. The SMILES string of the molecule is CC(C)c1ccc(CCN(C)C(=O)c2ccccc2)cc1. The highest BCUT2D eigenvalue weighted by Crippen LogP contribution is 2.15. The number of rotatable bonds is 5. The molecule has 0 aliphatic heterocycles. The fraction of sp³-hybridized carbons (Fsp3) is 0.316. The molecule has 2 nitrogen and oxygen atoms in total. The van der Waals surface area contributed by atoms with E-state index in [1.165, 1.54) is 11.1 Å². The molecule has 0 fully saturated rings. The lowest BCUT2D eigenvalue weighted by Gasteiger charge is -2.17. The van der Waals surface area contributed by atoms with Gasteiger partial charge in [-0.25, -0.2) is 0 Å². The molecule has 0 saturated carbocycles. The third kappa shape index (κ3) is 4.19. The Bertz CT molecular complexity index is 572. The smallest absolute Gasteiger partial charge is 0.253 e. The summed E-state index contributed by atoms with van der Waals surface area (Å²) < 4.78 is 0. The van der Waals surface area contributed by atoms with Crippen LogP contribution < -0.4 is 0 Å². The second-order valence-electron chi connectivity index (χ2n) is 5.74. The van der Waals surface area contributed by atoms with Gasteiger partial charge in [-0.3, -0.25) is 4.79 Å². The molecule has 2 aromatic carbocycles. The zero-order chi connectivity index (χ0) is 15.2. The molecule has 0 N–H and O–H groups in total. The summed E-state index contributed by atoms with van der Waals surface area (Å²) in [5, 5.41) is 0. The molecule has 0 aliphatic rings. The molecule has 110 valence electrons. The van der Waals surface area contributed by atoms with E-state index in [9.17, 15) is 4.79 Å². The molecule has 0 radical (unpaired) electrons. The van der Waals surface area contributed by atoms with Crippen molar-refractivity contribution in [1.82, 2.24) is 4.90 Å². The Morgan fingerprint density at radius 1 is 1.00 bits per heavy atom. The number of benzene rings is 2. The highest BCUT2D eigenvalue weighted by Gasteiger charge is 2.10. The zero-order valence-electron chi connectivity index (χ0n) is 13.0. The van der Waals surface area contributed by atoms with Crippen molar-refractivity contribution < 1.29 is 4.79 Å². The van der Waals surface area contributed by atoms with Gasteiger partial charge in [0.2, 0.25) is 0 Å². The van der Waals surface area contributed by atoms with E-state index in [-0.39, 0.29) is 5.91 Å². The van der Waals surface area contributed by atoms with E-state index < -0.39 is 0 Å². The van der Waals surface area contributed by atoms with E-state index in [1.54, 1.807) is 4.90 Å². The first-order valence-electron chi connectivity index (χ1n) is 7.47. The first-order valence-corrected chi connectivity index (χ1v) is 7.47. The van der Waals surface area contributed by atoms with Crippen molar-refractivity contribution >= 4 is 5.91 Å². The summed E-state index contributed by atoms with van der Waals surface area (Å²) >= 11 is 0. The number of hydrogen-bond acceptors (Lipinski definition) is 1. The third-order valence-corrected chi connectivity index (χ3v) is 3.75. The number of likely N-dealkylation sites (N-methyl/N-ethyl adjacent to an activating group) is 1. The van der Waals surface area contributed by atoms with Crippen LogP contribution in [0.1, 0.15) is 41.3 Å². The molecule has 1 amide bonds. The van der Waals surface area contributed by atoms with Crippen molar-refractivity contribution in [3.05, 3.63) is 71.3 Å². The highest BCUT2D eigenvalue weighted by molar-refractivity contribution is 5.93. The standard InChI is InChI=1S/C19H23NO/c1-15(2)17-11-9-16(10-12-17)13-14-20(3)19(21)18-7-5-4-6-8-18/h4-12,15H,13-14H2,1-3H3. The molecule has 0 aromatic heterocycles. The normalized spacial score (nSPS) is 10.7. The summed E-state index contributed by atoms with van der Waals surface area (Å²) in [5.41, 5.74) is 3.37. The van der Waals surface area contributed by atoms with Gasteiger partial charge in [0.25, 0.3) is 5.91 Å². The predicted molar refractivity (Wildman–Crippen MR) is 87.6 cm³/mol. The lowest BCUT2D eigenvalue weighted by atomic mass is 10.0. The van der Waals surface area contributed by atoms with Gasteiger partial charge in [-0.2, -0.15) is 0 Å². The Hall–Kier alpha value is -2.09. The lowest BCUT2D eigenvalue weighted by Crippen LogP contribution is -2.28. The van der Waals surface area contributed by atoms with Crippen molar-refractivity contribution in [1.29, 1.82) is 0 Å². The summed E-state index contributed by atoms with van der Waals surface area (Å²) in [6, 6.07) is 18.1. The van der Waals surface area contributed by atoms with Crippen molar-refractivity contribution in [3.63, 3.8) is 0 Å². The largest absolute Gasteiger partial charge is 0.341 e. The topological polar surface area (TPSA) is 20.3 Å². The predicted octanol–water partition coefficient (Wildman–Crippen LogP) is 4.12. The van der Waals surface area contributed by atoms with E-state index in [4.69, 9.17) is 0 Å². The summed E-state index contributed by atoms with van der Waals surface area (Å²) in [6.07, 6.45) is 0.882. The van der Waals surface area contributed by atoms with Crippen LogP contribution in [0.2, 0.25) is 0 Å². The highest BCUT2D eigenvalue weighted by atomic mass is 16.2. The maximum atomic E-state index is 12.2. The first kappa shape index (κ1) is 15.3. The van der Waals surface area contributed by atoms with Crippen molar-refractivity contribution in [2.45, 2.75) is 26.2 Å². The number of hydrogen-bond donors (Lipinski definition) is 0. The number of carbonyl (C=O) groups is 1. The number of nitrogens with zero attached hydrogens (tertiary/aromatic N) is 1. The molecule has 0 heterocycles. The van der Waals surface area contributed by atoms with Crippen molar-refractivity contribution in [3.8, 4) is 0 Å². The Kier molecular flexibility index (Phi) is 5.15. The number of carbonyl (C=O) groups excluding carboxylic acids is 1. The zero-order valence-corrected chi connectivity index (χ0v) is 13.0. The van der Waals surface area contributed by atoms with Crippen LogP contribution >= 0.6 is 0 Å². The van der Waals surface area contributed by atoms with E-state index in [0.29, 0.717) is 5.92 Å². The molecular formula is C19H23NO. The molecular weight excluding hydrogens is 258 g/mol. The minimum Gasteiger partial charge on any atom is -0.341 e. The monoisotopic (exact) mass is 281 g/mol. The van der Waals surface area contributed by atoms with Crippen molar-refractivity contribution in [2.75, 3.05) is 13.6 Å². The average molecular weight is 281 g/mol. The van der Waals surface area contributed by atoms with Gasteiger partial charge in [0.1, 0.15) is 0 Å². The van der Waals surface area contributed by atoms with Gasteiger partial charge in [0.05, 0.1) is 0 Å². The lowest BCUT2D eigenvalue weighted by molar-refractivity contribution is 0.0796. The summed E-state index contributed by atoms with van der Waals surface area (Å²) in [7, 11) is 1.86. The maximum Gasteiger partial charge on any atom is 0.253 e. The molecule has 2 rings (SSSR count). The summed E-state index contributed by atoms with van der Waals surface area (Å²) in [6.45, 7) is 5.12. The van der Waals surface area contributed by atoms with Crippen LogP contribution in [0, 0.1) is 0 Å². The van der Waals surface area contributed by atoms with Gasteiger partial charge < -0.3 is 4.90 Å². The van der Waals surface area contributed by atoms with Gasteiger partial charge in [-0.05, 0) is 35.6 Å². The summed E-state index contributed by atoms with van der Waals surface area (Å²) in [4.78, 5) is 14.0. The first-order chi connectivity index (χ1) is 10.1. The molecule has 0 saturated heterocycles. The van der Waals surface area contributed by atoms with Gasteiger partial charge in [-0.1, -0.05) is 56.3 Å². The Balaban J connectivity index is 1.92.